The van der Waals surface area contributed by atoms with Gasteiger partial charge in [0, 0.05) is 4.90 Å². The average Bonchev–Trinajstić information content (AvgIpc) is 2.26. The topological polar surface area (TPSA) is 38.3 Å². The molecule has 0 aliphatic heterocycles. The van der Waals surface area contributed by atoms with Gasteiger partial charge in [0.15, 0.2) is 0 Å². The number of hydrogen-bond acceptors (Lipinski definition) is 3. The Hall–Kier alpha value is -0.710. The van der Waals surface area contributed by atoms with Gasteiger partial charge in [-0.1, -0.05) is 11.6 Å². The molecule has 1 rings (SSSR count). The molecular weight excluding hydrogens is 234 g/mol. The normalized spacial score (nSPS) is 10.1. The van der Waals surface area contributed by atoms with Gasteiger partial charge in [0.05, 0.1) is 17.2 Å². The SMILES string of the molecule is CCONC(=O)c1cc(SC)ccc1Cl. The summed E-state index contributed by atoms with van der Waals surface area (Å²) in [5.41, 5.74) is 2.74. The van der Waals surface area contributed by atoms with Crippen molar-refractivity contribution in [1.82, 2.24) is 5.48 Å². The fraction of sp³-hybridized carbons (Fsp3) is 0.300. The van der Waals surface area contributed by atoms with Crippen LogP contribution in [0, 0.1) is 0 Å². The smallest absolute Gasteiger partial charge is 0.274 e. The van der Waals surface area contributed by atoms with Crippen molar-refractivity contribution in [2.24, 2.45) is 0 Å². The van der Waals surface area contributed by atoms with E-state index in [4.69, 9.17) is 16.4 Å². The zero-order valence-electron chi connectivity index (χ0n) is 8.54. The van der Waals surface area contributed by atoms with Crippen LogP contribution in [0.5, 0.6) is 0 Å². The molecule has 0 atom stereocenters. The van der Waals surface area contributed by atoms with E-state index in [2.05, 4.69) is 5.48 Å². The number of amides is 1. The van der Waals surface area contributed by atoms with Gasteiger partial charge in [0.2, 0.25) is 0 Å². The molecule has 0 aliphatic rings. The highest BCUT2D eigenvalue weighted by Crippen LogP contribution is 2.22. The zero-order chi connectivity index (χ0) is 11.3. The number of hydrogen-bond donors (Lipinski definition) is 1. The summed E-state index contributed by atoms with van der Waals surface area (Å²) in [4.78, 5) is 17.4. The van der Waals surface area contributed by atoms with Crippen LogP contribution in [0.4, 0.5) is 0 Å². The molecule has 0 fully saturated rings. The molecule has 1 aromatic rings. The molecule has 0 saturated heterocycles. The van der Waals surface area contributed by atoms with Gasteiger partial charge in [-0.05, 0) is 31.4 Å². The third-order valence-electron chi connectivity index (χ3n) is 1.73. The summed E-state index contributed by atoms with van der Waals surface area (Å²) in [6, 6.07) is 5.31. The molecule has 15 heavy (non-hydrogen) atoms. The molecule has 0 unspecified atom stereocenters. The first-order valence-corrected chi connectivity index (χ1v) is 6.05. The van der Waals surface area contributed by atoms with Gasteiger partial charge >= 0.3 is 0 Å². The molecule has 82 valence electrons. The number of benzene rings is 1. The molecule has 0 bridgehead atoms. The minimum Gasteiger partial charge on any atom is -0.274 e. The highest BCUT2D eigenvalue weighted by Gasteiger charge is 2.10. The van der Waals surface area contributed by atoms with Crippen LogP contribution in [-0.2, 0) is 4.84 Å². The summed E-state index contributed by atoms with van der Waals surface area (Å²) in [5.74, 6) is -0.322. The van der Waals surface area contributed by atoms with Gasteiger partial charge in [0.1, 0.15) is 0 Å². The lowest BCUT2D eigenvalue weighted by molar-refractivity contribution is 0.0364. The summed E-state index contributed by atoms with van der Waals surface area (Å²) in [6.07, 6.45) is 1.94. The molecule has 0 spiro atoms. The molecule has 1 aromatic carbocycles. The Bertz CT molecular complexity index is 357. The van der Waals surface area contributed by atoms with Crippen molar-refractivity contribution in [2.45, 2.75) is 11.8 Å². The van der Waals surface area contributed by atoms with Crippen LogP contribution in [0.2, 0.25) is 5.02 Å². The average molecular weight is 246 g/mol. The van der Waals surface area contributed by atoms with Gasteiger partial charge < -0.3 is 0 Å². The zero-order valence-corrected chi connectivity index (χ0v) is 10.1. The van der Waals surface area contributed by atoms with Crippen LogP contribution in [0.3, 0.4) is 0 Å². The van der Waals surface area contributed by atoms with E-state index < -0.39 is 0 Å². The molecular formula is C10H12ClNO2S. The van der Waals surface area contributed by atoms with Crippen LogP contribution < -0.4 is 5.48 Å². The van der Waals surface area contributed by atoms with Crippen molar-refractivity contribution in [3.05, 3.63) is 28.8 Å². The predicted octanol–water partition coefficient (Wildman–Crippen LogP) is 2.74. The number of thioether (sulfide) groups is 1. The number of nitrogens with one attached hydrogen (secondary N) is 1. The highest BCUT2D eigenvalue weighted by atomic mass is 35.5. The van der Waals surface area contributed by atoms with E-state index in [0.29, 0.717) is 17.2 Å². The number of carbonyl (C=O) groups is 1. The summed E-state index contributed by atoms with van der Waals surface area (Å²) in [5, 5.41) is 0.421. The molecule has 1 amide bonds. The fourth-order valence-corrected chi connectivity index (χ4v) is 1.64. The van der Waals surface area contributed by atoms with E-state index >= 15 is 0 Å². The van der Waals surface area contributed by atoms with E-state index in [1.54, 1.807) is 30.8 Å². The second kappa shape index (κ2) is 6.00. The molecule has 3 nitrogen and oxygen atoms in total. The van der Waals surface area contributed by atoms with Crippen LogP contribution >= 0.6 is 23.4 Å². The maximum absolute atomic E-state index is 11.6. The molecule has 5 heteroatoms. The van der Waals surface area contributed by atoms with Crippen LogP contribution in [0.1, 0.15) is 17.3 Å². The molecule has 0 heterocycles. The van der Waals surface area contributed by atoms with Crippen LogP contribution in [-0.4, -0.2) is 18.8 Å². The quantitative estimate of drug-likeness (QED) is 0.655. The van der Waals surface area contributed by atoms with Gasteiger partial charge in [0.25, 0.3) is 5.91 Å². The number of carbonyl (C=O) groups excluding carboxylic acids is 1. The molecule has 1 N–H and O–H groups in total. The Morgan fingerprint density at radius 2 is 2.33 bits per heavy atom. The van der Waals surface area contributed by atoms with Gasteiger partial charge in [-0.2, -0.15) is 0 Å². The standard InChI is InChI=1S/C10H12ClNO2S/c1-3-14-12-10(13)8-6-7(15-2)4-5-9(8)11/h4-6H,3H2,1-2H3,(H,12,13). The van der Waals surface area contributed by atoms with E-state index in [1.807, 2.05) is 12.3 Å². The molecule has 0 aliphatic carbocycles. The van der Waals surface area contributed by atoms with Gasteiger partial charge in [-0.3, -0.25) is 9.63 Å². The summed E-state index contributed by atoms with van der Waals surface area (Å²) >= 11 is 7.45. The minimum absolute atomic E-state index is 0.322. The van der Waals surface area contributed by atoms with Crippen molar-refractivity contribution in [1.29, 1.82) is 0 Å². The van der Waals surface area contributed by atoms with Crippen molar-refractivity contribution >= 4 is 29.3 Å². The Morgan fingerprint density at radius 3 is 2.93 bits per heavy atom. The molecule has 0 aromatic heterocycles. The highest BCUT2D eigenvalue weighted by molar-refractivity contribution is 7.98. The first kappa shape index (κ1) is 12.4. The van der Waals surface area contributed by atoms with E-state index in [1.165, 1.54) is 0 Å². The number of rotatable bonds is 4. The number of hydroxylamine groups is 1. The second-order valence-electron chi connectivity index (χ2n) is 2.71. The first-order chi connectivity index (χ1) is 7.19. The Balaban J connectivity index is 2.86. The van der Waals surface area contributed by atoms with Crippen molar-refractivity contribution in [3.8, 4) is 0 Å². The van der Waals surface area contributed by atoms with Gasteiger partial charge in [-0.25, -0.2) is 5.48 Å². The first-order valence-electron chi connectivity index (χ1n) is 4.44. The Labute approximate surface area is 98.1 Å². The lowest BCUT2D eigenvalue weighted by Crippen LogP contribution is -2.23. The van der Waals surface area contributed by atoms with E-state index in [0.717, 1.165) is 4.90 Å². The monoisotopic (exact) mass is 245 g/mol. The van der Waals surface area contributed by atoms with Crippen molar-refractivity contribution in [3.63, 3.8) is 0 Å². The summed E-state index contributed by atoms with van der Waals surface area (Å²) < 4.78 is 0. The summed E-state index contributed by atoms with van der Waals surface area (Å²) in [6.45, 7) is 2.21. The van der Waals surface area contributed by atoms with Crippen LogP contribution in [0.25, 0.3) is 0 Å². The van der Waals surface area contributed by atoms with Crippen molar-refractivity contribution in [2.75, 3.05) is 12.9 Å². The van der Waals surface area contributed by atoms with Crippen molar-refractivity contribution < 1.29 is 9.63 Å². The fourth-order valence-electron chi connectivity index (χ4n) is 0.998. The maximum atomic E-state index is 11.6. The Morgan fingerprint density at radius 1 is 1.60 bits per heavy atom. The third-order valence-corrected chi connectivity index (χ3v) is 2.78. The maximum Gasteiger partial charge on any atom is 0.276 e. The lowest BCUT2D eigenvalue weighted by atomic mass is 10.2. The van der Waals surface area contributed by atoms with E-state index in [-0.39, 0.29) is 5.91 Å². The minimum atomic E-state index is -0.322. The third kappa shape index (κ3) is 3.41. The number of halogens is 1. The van der Waals surface area contributed by atoms with E-state index in [9.17, 15) is 4.79 Å². The second-order valence-corrected chi connectivity index (χ2v) is 4.00. The lowest BCUT2D eigenvalue weighted by Gasteiger charge is -2.06. The predicted molar refractivity (Wildman–Crippen MR) is 62.3 cm³/mol. The Kier molecular flexibility index (Phi) is 4.94. The molecule has 0 radical (unpaired) electrons. The molecule has 0 saturated carbocycles. The largest absolute Gasteiger partial charge is 0.276 e. The van der Waals surface area contributed by atoms with Crippen LogP contribution in [0.15, 0.2) is 23.1 Å². The van der Waals surface area contributed by atoms with Gasteiger partial charge in [-0.15, -0.1) is 11.8 Å². The summed E-state index contributed by atoms with van der Waals surface area (Å²) in [7, 11) is 0.